The van der Waals surface area contributed by atoms with E-state index in [1.807, 2.05) is 33.9 Å². The number of aromatic nitrogens is 2. The molecular formula is C28H32ClN7O5S. The minimum Gasteiger partial charge on any atom is -0.355 e. The summed E-state index contributed by atoms with van der Waals surface area (Å²) >= 11 is 6.02. The number of benzene rings is 1. The Morgan fingerprint density at radius 2 is 1.71 bits per heavy atom. The molecule has 222 valence electrons. The van der Waals surface area contributed by atoms with Gasteiger partial charge in [0.2, 0.25) is 5.91 Å². The van der Waals surface area contributed by atoms with E-state index in [-0.39, 0.29) is 46.9 Å². The fraction of sp³-hybridized carbons (Fsp3) is 0.321. The van der Waals surface area contributed by atoms with Gasteiger partial charge in [-0.05, 0) is 35.2 Å². The van der Waals surface area contributed by atoms with Gasteiger partial charge in [0.15, 0.2) is 0 Å². The normalized spacial score (nSPS) is 14.3. The van der Waals surface area contributed by atoms with Gasteiger partial charge >= 0.3 is 10.2 Å². The zero-order chi connectivity index (χ0) is 30.8. The lowest BCUT2D eigenvalue weighted by Crippen LogP contribution is -2.65. The van der Waals surface area contributed by atoms with Crippen molar-refractivity contribution in [3.05, 3.63) is 82.3 Å². The number of nitrogens with zero attached hydrogens (tertiary/aromatic N) is 4. The van der Waals surface area contributed by atoms with Crippen LogP contribution in [-0.2, 0) is 20.4 Å². The Labute approximate surface area is 249 Å². The van der Waals surface area contributed by atoms with Crippen LogP contribution in [0.2, 0.25) is 5.15 Å². The van der Waals surface area contributed by atoms with Crippen molar-refractivity contribution in [3.63, 3.8) is 0 Å². The van der Waals surface area contributed by atoms with E-state index in [1.165, 1.54) is 45.7 Å². The maximum atomic E-state index is 14.1. The Hall–Kier alpha value is -4.07. The maximum Gasteiger partial charge on any atom is 0.303 e. The molecule has 0 atom stereocenters. The van der Waals surface area contributed by atoms with E-state index in [1.54, 1.807) is 6.07 Å². The zero-order valence-corrected chi connectivity index (χ0v) is 25.4. The van der Waals surface area contributed by atoms with Gasteiger partial charge in [0, 0.05) is 40.4 Å². The smallest absolute Gasteiger partial charge is 0.303 e. The van der Waals surface area contributed by atoms with Crippen LogP contribution in [0, 0.1) is 0 Å². The van der Waals surface area contributed by atoms with Crippen LogP contribution < -0.4 is 20.3 Å². The van der Waals surface area contributed by atoms with Gasteiger partial charge in [-0.1, -0.05) is 49.7 Å². The molecule has 1 aliphatic heterocycles. The summed E-state index contributed by atoms with van der Waals surface area (Å²) < 4.78 is 26.9. The molecule has 14 heteroatoms. The number of hydrogen-bond donors (Lipinski definition) is 3. The van der Waals surface area contributed by atoms with Crippen LogP contribution in [0.25, 0.3) is 0 Å². The van der Waals surface area contributed by atoms with E-state index in [0.717, 1.165) is 15.4 Å². The van der Waals surface area contributed by atoms with Crippen LogP contribution in [-0.4, -0.2) is 74.6 Å². The van der Waals surface area contributed by atoms with E-state index in [4.69, 9.17) is 11.6 Å². The third kappa shape index (κ3) is 6.08. The topological polar surface area (TPSA) is 154 Å². The van der Waals surface area contributed by atoms with Crippen LogP contribution in [0.4, 0.5) is 11.5 Å². The molecule has 3 N–H and O–H groups in total. The van der Waals surface area contributed by atoms with Gasteiger partial charge in [0.1, 0.15) is 16.4 Å². The average molecular weight is 614 g/mol. The third-order valence-corrected chi connectivity index (χ3v) is 8.69. The summed E-state index contributed by atoms with van der Waals surface area (Å²) in [6, 6.07) is 12.2. The van der Waals surface area contributed by atoms with Crippen molar-refractivity contribution >= 4 is 51.0 Å². The first kappa shape index (κ1) is 30.9. The highest BCUT2D eigenvalue weighted by molar-refractivity contribution is 7.87. The Morgan fingerprint density at radius 3 is 2.31 bits per heavy atom. The van der Waals surface area contributed by atoms with Crippen molar-refractivity contribution in [2.75, 3.05) is 44.4 Å². The largest absolute Gasteiger partial charge is 0.355 e. The van der Waals surface area contributed by atoms with Gasteiger partial charge in [-0.15, -0.1) is 0 Å². The summed E-state index contributed by atoms with van der Waals surface area (Å²) in [6.45, 7) is 4.61. The first-order chi connectivity index (χ1) is 19.8. The van der Waals surface area contributed by atoms with Crippen LogP contribution in [0.3, 0.4) is 0 Å². The first-order valence-electron chi connectivity index (χ1n) is 13.0. The summed E-state index contributed by atoms with van der Waals surface area (Å²) in [5.41, 5.74) is 1.33. The highest BCUT2D eigenvalue weighted by Gasteiger charge is 2.52. The quantitative estimate of drug-likeness (QED) is 0.311. The molecule has 3 aromatic rings. The van der Waals surface area contributed by atoms with Crippen molar-refractivity contribution in [3.8, 4) is 0 Å². The number of nitrogens with one attached hydrogen (secondary N) is 3. The molecule has 0 unspecified atom stereocenters. The van der Waals surface area contributed by atoms with E-state index in [0.29, 0.717) is 5.82 Å². The maximum absolute atomic E-state index is 14.1. The lowest BCUT2D eigenvalue weighted by Gasteiger charge is -2.50. The van der Waals surface area contributed by atoms with Crippen LogP contribution in [0.15, 0.2) is 54.9 Å². The molecule has 1 aliphatic rings. The number of anilines is 2. The second-order valence-corrected chi connectivity index (χ2v) is 12.7. The van der Waals surface area contributed by atoms with E-state index < -0.39 is 27.4 Å². The average Bonchev–Trinajstić information content (AvgIpc) is 2.93. The number of rotatable bonds is 9. The third-order valence-electron chi connectivity index (χ3n) is 7.08. The summed E-state index contributed by atoms with van der Waals surface area (Å²) in [6.07, 6.45) is 2.64. The number of halogens is 1. The van der Waals surface area contributed by atoms with Gasteiger partial charge in [-0.2, -0.15) is 12.7 Å². The standard InChI is InChI=1S/C28H32ClN7O5S/c1-17(2)19-8-6-7-9-21(19)28(27(39)33-22-14-31-23(29)12-20(22)26(38)30-3)15-36(16-28)24-11-10-18(13-32-24)25(37)34-42(40,41)35(4)5/h6-14,17H,15-16H2,1-5H3,(H,30,38)(H,33,39)(H,34,37). The molecule has 1 fully saturated rings. The number of amides is 3. The number of carbonyl (C=O) groups excluding carboxylic acids is 3. The summed E-state index contributed by atoms with van der Waals surface area (Å²) in [4.78, 5) is 49.3. The number of hydrogen-bond acceptors (Lipinski definition) is 8. The minimum atomic E-state index is -3.96. The Bertz CT molecular complexity index is 1620. The molecule has 3 heterocycles. The van der Waals surface area contributed by atoms with Gasteiger partial charge in [0.25, 0.3) is 11.8 Å². The predicted molar refractivity (Wildman–Crippen MR) is 160 cm³/mol. The predicted octanol–water partition coefficient (Wildman–Crippen LogP) is 2.55. The lowest BCUT2D eigenvalue weighted by molar-refractivity contribution is -0.122. The molecule has 2 aromatic heterocycles. The van der Waals surface area contributed by atoms with Crippen molar-refractivity contribution in [2.24, 2.45) is 0 Å². The molecule has 12 nitrogen and oxygen atoms in total. The highest BCUT2D eigenvalue weighted by Crippen LogP contribution is 2.41. The molecule has 4 rings (SSSR count). The molecule has 0 bridgehead atoms. The van der Waals surface area contributed by atoms with E-state index in [2.05, 4.69) is 34.4 Å². The Kier molecular flexibility index (Phi) is 8.85. The lowest BCUT2D eigenvalue weighted by atomic mass is 9.69. The number of carbonyl (C=O) groups is 3. The number of pyridine rings is 2. The Morgan fingerprint density at radius 1 is 1.02 bits per heavy atom. The molecule has 42 heavy (non-hydrogen) atoms. The van der Waals surface area contributed by atoms with Crippen LogP contribution in [0.5, 0.6) is 0 Å². The van der Waals surface area contributed by atoms with Crippen molar-refractivity contribution in [2.45, 2.75) is 25.2 Å². The van der Waals surface area contributed by atoms with Gasteiger partial charge < -0.3 is 15.5 Å². The van der Waals surface area contributed by atoms with Gasteiger partial charge in [-0.25, -0.2) is 14.7 Å². The summed E-state index contributed by atoms with van der Waals surface area (Å²) in [5, 5.41) is 5.57. The fourth-order valence-corrected chi connectivity index (χ4v) is 5.40. The van der Waals surface area contributed by atoms with Crippen molar-refractivity contribution in [1.29, 1.82) is 0 Å². The zero-order valence-electron chi connectivity index (χ0n) is 23.8. The first-order valence-corrected chi connectivity index (χ1v) is 14.8. The molecule has 1 saturated heterocycles. The van der Waals surface area contributed by atoms with Gasteiger partial charge in [0.05, 0.1) is 23.0 Å². The van der Waals surface area contributed by atoms with Crippen LogP contribution in [0.1, 0.15) is 51.6 Å². The summed E-state index contributed by atoms with van der Waals surface area (Å²) in [5.74, 6) is -0.923. The molecule has 0 saturated carbocycles. The van der Waals surface area contributed by atoms with E-state index in [9.17, 15) is 22.8 Å². The molecule has 0 radical (unpaired) electrons. The molecular weight excluding hydrogens is 582 g/mol. The molecule has 0 spiro atoms. The van der Waals surface area contributed by atoms with Crippen molar-refractivity contribution in [1.82, 2.24) is 24.3 Å². The summed E-state index contributed by atoms with van der Waals surface area (Å²) in [7, 11) is 0.143. The molecule has 3 amide bonds. The second-order valence-electron chi connectivity index (χ2n) is 10.4. The van der Waals surface area contributed by atoms with Gasteiger partial charge in [-0.3, -0.25) is 14.4 Å². The highest BCUT2D eigenvalue weighted by atomic mass is 35.5. The fourth-order valence-electron chi connectivity index (χ4n) is 4.71. The van der Waals surface area contributed by atoms with Crippen LogP contribution >= 0.6 is 11.6 Å². The monoisotopic (exact) mass is 613 g/mol. The SMILES string of the molecule is CNC(=O)c1cc(Cl)ncc1NC(=O)C1(c2ccccc2C(C)C)CN(c2ccc(C(=O)NS(=O)(=O)N(C)C)cn2)C1. The van der Waals surface area contributed by atoms with E-state index >= 15 is 0 Å². The molecule has 0 aliphatic carbocycles. The van der Waals surface area contributed by atoms with Crippen molar-refractivity contribution < 1.29 is 22.8 Å². The molecule has 1 aromatic carbocycles. The minimum absolute atomic E-state index is 0.0656. The Balaban J connectivity index is 1.64. The second kappa shape index (κ2) is 12.0.